The van der Waals surface area contributed by atoms with Crippen molar-refractivity contribution in [3.05, 3.63) is 42.1 Å². The summed E-state index contributed by atoms with van der Waals surface area (Å²) in [6.07, 6.45) is -3.39. The average molecular weight is 269 g/mol. The number of rotatable bonds is 4. The number of pyridine rings is 1. The van der Waals surface area contributed by atoms with Crippen molar-refractivity contribution in [1.82, 2.24) is 10.4 Å². The van der Waals surface area contributed by atoms with Gasteiger partial charge < -0.3 is 0 Å². The Bertz CT molecular complexity index is 549. The number of nitrogens with one attached hydrogen (secondary N) is 1. The van der Waals surface area contributed by atoms with Crippen molar-refractivity contribution in [2.75, 3.05) is 0 Å². The molecule has 3 N–H and O–H groups in total. The molecule has 0 saturated heterocycles. The van der Waals surface area contributed by atoms with E-state index in [1.165, 1.54) is 0 Å². The van der Waals surface area contributed by atoms with E-state index in [2.05, 4.69) is 10.4 Å². The normalized spacial score (nSPS) is 13.7. The van der Waals surface area contributed by atoms with E-state index in [1.54, 1.807) is 12.3 Å². The molecule has 0 spiro atoms. The number of hydrazine groups is 1. The van der Waals surface area contributed by atoms with E-state index in [9.17, 15) is 13.2 Å². The van der Waals surface area contributed by atoms with Gasteiger partial charge in [-0.3, -0.25) is 16.3 Å². The van der Waals surface area contributed by atoms with Gasteiger partial charge in [0.25, 0.3) is 0 Å². The highest BCUT2D eigenvalue weighted by atomic mass is 19.4. The topological polar surface area (TPSA) is 50.9 Å². The Kier molecular flexibility index (Phi) is 4.01. The summed E-state index contributed by atoms with van der Waals surface area (Å²) in [4.78, 5) is 4.18. The van der Waals surface area contributed by atoms with Gasteiger partial charge in [-0.25, -0.2) is 0 Å². The maximum atomic E-state index is 12.4. The van der Waals surface area contributed by atoms with Crippen LogP contribution in [0.2, 0.25) is 0 Å². The van der Waals surface area contributed by atoms with Gasteiger partial charge in [-0.2, -0.15) is 13.2 Å². The number of para-hydroxylation sites is 1. The fourth-order valence-electron chi connectivity index (χ4n) is 2.07. The van der Waals surface area contributed by atoms with Crippen LogP contribution in [0, 0.1) is 0 Å². The van der Waals surface area contributed by atoms with Gasteiger partial charge in [0.05, 0.1) is 11.9 Å². The summed E-state index contributed by atoms with van der Waals surface area (Å²) in [6.45, 7) is 0. The summed E-state index contributed by atoms with van der Waals surface area (Å²) in [5.41, 5.74) is 3.80. The summed E-state index contributed by atoms with van der Waals surface area (Å²) in [5, 5.41) is 0.854. The number of benzene rings is 1. The fraction of sp³-hybridized carbons (Fsp3) is 0.308. The molecule has 1 aromatic carbocycles. The molecule has 0 saturated carbocycles. The van der Waals surface area contributed by atoms with Crippen molar-refractivity contribution in [2.24, 2.45) is 5.84 Å². The Morgan fingerprint density at radius 2 is 1.95 bits per heavy atom. The number of hydrogen-bond donors (Lipinski definition) is 2. The standard InChI is InChI=1S/C13H14F3N3/c14-13(15,16)8-10(19-17)7-9-5-6-18-12-4-2-1-3-11(9)12/h1-6,10,19H,7-8,17H2. The van der Waals surface area contributed by atoms with E-state index in [1.807, 2.05) is 24.3 Å². The average Bonchev–Trinajstić information content (AvgIpc) is 2.37. The second kappa shape index (κ2) is 5.54. The third-order valence-electron chi connectivity index (χ3n) is 2.92. The summed E-state index contributed by atoms with van der Waals surface area (Å²) in [5.74, 6) is 5.21. The molecule has 0 amide bonds. The van der Waals surface area contributed by atoms with E-state index in [0.29, 0.717) is 0 Å². The summed E-state index contributed by atoms with van der Waals surface area (Å²) in [7, 11) is 0. The van der Waals surface area contributed by atoms with Crippen LogP contribution in [-0.4, -0.2) is 17.2 Å². The van der Waals surface area contributed by atoms with Crippen LogP contribution in [0.15, 0.2) is 36.5 Å². The monoisotopic (exact) mass is 269 g/mol. The van der Waals surface area contributed by atoms with E-state index in [0.717, 1.165) is 16.5 Å². The Morgan fingerprint density at radius 1 is 1.21 bits per heavy atom. The zero-order valence-corrected chi connectivity index (χ0v) is 10.1. The van der Waals surface area contributed by atoms with E-state index < -0.39 is 18.6 Å². The van der Waals surface area contributed by atoms with E-state index >= 15 is 0 Å². The summed E-state index contributed by atoms with van der Waals surface area (Å²) < 4.78 is 37.2. The number of halogens is 3. The lowest BCUT2D eigenvalue weighted by Crippen LogP contribution is -2.40. The van der Waals surface area contributed by atoms with Crippen molar-refractivity contribution >= 4 is 10.9 Å². The Balaban J connectivity index is 2.24. The minimum Gasteiger partial charge on any atom is -0.271 e. The van der Waals surface area contributed by atoms with Crippen molar-refractivity contribution in [3.8, 4) is 0 Å². The number of hydrogen-bond acceptors (Lipinski definition) is 3. The van der Waals surface area contributed by atoms with Crippen LogP contribution in [-0.2, 0) is 6.42 Å². The van der Waals surface area contributed by atoms with Crippen LogP contribution in [0.25, 0.3) is 10.9 Å². The molecular weight excluding hydrogens is 255 g/mol. The molecule has 6 heteroatoms. The van der Waals surface area contributed by atoms with Gasteiger partial charge in [-0.05, 0) is 24.1 Å². The first-order chi connectivity index (χ1) is 8.99. The quantitative estimate of drug-likeness (QED) is 0.662. The molecule has 2 aromatic rings. The van der Waals surface area contributed by atoms with Crippen molar-refractivity contribution in [2.45, 2.75) is 25.1 Å². The number of alkyl halides is 3. The molecule has 0 aliphatic heterocycles. The van der Waals surface area contributed by atoms with Crippen LogP contribution in [0.3, 0.4) is 0 Å². The maximum absolute atomic E-state index is 12.4. The third kappa shape index (κ3) is 3.65. The largest absolute Gasteiger partial charge is 0.390 e. The maximum Gasteiger partial charge on any atom is 0.390 e. The molecule has 1 atom stereocenters. The van der Waals surface area contributed by atoms with Crippen molar-refractivity contribution < 1.29 is 13.2 Å². The molecule has 19 heavy (non-hydrogen) atoms. The lowest BCUT2D eigenvalue weighted by atomic mass is 10.0. The predicted octanol–water partition coefficient (Wildman–Crippen LogP) is 2.56. The molecule has 0 bridgehead atoms. The lowest BCUT2D eigenvalue weighted by molar-refractivity contribution is -0.140. The van der Waals surface area contributed by atoms with Gasteiger partial charge in [-0.1, -0.05) is 18.2 Å². The first-order valence-electron chi connectivity index (χ1n) is 5.85. The zero-order chi connectivity index (χ0) is 13.9. The smallest absolute Gasteiger partial charge is 0.271 e. The van der Waals surface area contributed by atoms with Gasteiger partial charge >= 0.3 is 6.18 Å². The molecule has 3 nitrogen and oxygen atoms in total. The Hall–Kier alpha value is -1.66. The van der Waals surface area contributed by atoms with Gasteiger partial charge in [0, 0.05) is 17.6 Å². The highest BCUT2D eigenvalue weighted by molar-refractivity contribution is 5.81. The fourth-order valence-corrected chi connectivity index (χ4v) is 2.07. The van der Waals surface area contributed by atoms with Crippen molar-refractivity contribution in [3.63, 3.8) is 0 Å². The highest BCUT2D eigenvalue weighted by Gasteiger charge is 2.31. The molecule has 1 heterocycles. The number of nitrogens with zero attached hydrogens (tertiary/aromatic N) is 1. The van der Waals surface area contributed by atoms with Gasteiger partial charge in [0.15, 0.2) is 0 Å². The van der Waals surface area contributed by atoms with Crippen LogP contribution < -0.4 is 11.3 Å². The van der Waals surface area contributed by atoms with Crippen LogP contribution >= 0.6 is 0 Å². The molecule has 0 aliphatic carbocycles. The number of aromatic nitrogens is 1. The molecule has 102 valence electrons. The Labute approximate surface area is 108 Å². The first kappa shape index (κ1) is 13.8. The van der Waals surface area contributed by atoms with Crippen molar-refractivity contribution in [1.29, 1.82) is 0 Å². The molecule has 1 aromatic heterocycles. The Morgan fingerprint density at radius 3 is 2.63 bits per heavy atom. The molecular formula is C13H14F3N3. The summed E-state index contributed by atoms with van der Waals surface area (Å²) >= 11 is 0. The number of fused-ring (bicyclic) bond motifs is 1. The number of nitrogens with two attached hydrogens (primary N) is 1. The molecule has 1 unspecified atom stereocenters. The minimum atomic E-state index is -4.24. The second-order valence-electron chi connectivity index (χ2n) is 4.37. The summed E-state index contributed by atoms with van der Waals surface area (Å²) in [6, 6.07) is 8.23. The molecule has 2 rings (SSSR count). The van der Waals surface area contributed by atoms with Crippen LogP contribution in [0.4, 0.5) is 13.2 Å². The zero-order valence-electron chi connectivity index (χ0n) is 10.1. The van der Waals surface area contributed by atoms with E-state index in [-0.39, 0.29) is 6.42 Å². The van der Waals surface area contributed by atoms with Gasteiger partial charge in [0.1, 0.15) is 0 Å². The van der Waals surface area contributed by atoms with Gasteiger partial charge in [0.2, 0.25) is 0 Å². The minimum absolute atomic E-state index is 0.207. The molecule has 0 radical (unpaired) electrons. The highest BCUT2D eigenvalue weighted by Crippen LogP contribution is 2.24. The van der Waals surface area contributed by atoms with Crippen LogP contribution in [0.5, 0.6) is 0 Å². The van der Waals surface area contributed by atoms with Crippen LogP contribution in [0.1, 0.15) is 12.0 Å². The predicted molar refractivity (Wildman–Crippen MR) is 67.2 cm³/mol. The van der Waals surface area contributed by atoms with Gasteiger partial charge in [-0.15, -0.1) is 0 Å². The molecule has 0 aliphatic rings. The third-order valence-corrected chi connectivity index (χ3v) is 2.92. The SMILES string of the molecule is NNC(Cc1ccnc2ccccc12)CC(F)(F)F. The lowest BCUT2D eigenvalue weighted by Gasteiger charge is -2.18. The van der Waals surface area contributed by atoms with E-state index in [4.69, 9.17) is 5.84 Å². The second-order valence-corrected chi connectivity index (χ2v) is 4.37. The first-order valence-corrected chi connectivity index (χ1v) is 5.85. The molecule has 0 fully saturated rings.